The number of nitrogens with one attached hydrogen (secondary N) is 1. The van der Waals surface area contributed by atoms with Crippen LogP contribution in [0.15, 0.2) is 36.5 Å². The average molecular weight is 304 g/mol. The monoisotopic (exact) mass is 304 g/mol. The molecule has 1 atom stereocenters. The van der Waals surface area contributed by atoms with Gasteiger partial charge in [0.15, 0.2) is 5.54 Å². The minimum atomic E-state index is -1.41. The van der Waals surface area contributed by atoms with E-state index in [9.17, 15) is 14.7 Å². The van der Waals surface area contributed by atoms with Crippen molar-refractivity contribution in [2.24, 2.45) is 0 Å². The molecule has 0 aliphatic carbocycles. The van der Waals surface area contributed by atoms with Crippen molar-refractivity contribution >= 4 is 22.8 Å². The van der Waals surface area contributed by atoms with Gasteiger partial charge < -0.3 is 19.7 Å². The number of amides is 1. The lowest BCUT2D eigenvalue weighted by atomic mass is 10.0. The van der Waals surface area contributed by atoms with Crippen molar-refractivity contribution in [3.63, 3.8) is 0 Å². The highest BCUT2D eigenvalue weighted by molar-refractivity contribution is 5.87. The number of fused-ring (bicyclic) bond motifs is 1. The second kappa shape index (κ2) is 6.62. The van der Waals surface area contributed by atoms with Crippen LogP contribution in [-0.2, 0) is 20.9 Å². The summed E-state index contributed by atoms with van der Waals surface area (Å²) in [4.78, 5) is 23.3. The Kier molecular flexibility index (Phi) is 4.82. The van der Waals surface area contributed by atoms with E-state index in [-0.39, 0.29) is 18.9 Å². The molecule has 0 aliphatic rings. The van der Waals surface area contributed by atoms with Crippen LogP contribution in [0.2, 0.25) is 0 Å². The molecule has 1 unspecified atom stereocenters. The zero-order valence-corrected chi connectivity index (χ0v) is 12.7. The Morgan fingerprint density at radius 2 is 2.05 bits per heavy atom. The summed E-state index contributed by atoms with van der Waals surface area (Å²) in [6.45, 7) is 1.84. The zero-order chi connectivity index (χ0) is 16.2. The first-order valence-corrected chi connectivity index (χ1v) is 7.03. The second-order valence-electron chi connectivity index (χ2n) is 5.44. The van der Waals surface area contributed by atoms with Crippen LogP contribution in [0, 0.1) is 0 Å². The summed E-state index contributed by atoms with van der Waals surface area (Å²) in [5.41, 5.74) is -0.363. The largest absolute Gasteiger partial charge is 0.479 e. The van der Waals surface area contributed by atoms with Gasteiger partial charge in [0.05, 0.1) is 6.61 Å². The highest BCUT2D eigenvalue weighted by Gasteiger charge is 2.34. The molecule has 1 amide bonds. The van der Waals surface area contributed by atoms with E-state index < -0.39 is 11.5 Å². The maximum Gasteiger partial charge on any atom is 0.331 e. The molecule has 6 heteroatoms. The zero-order valence-electron chi connectivity index (χ0n) is 12.7. The standard InChI is InChI=1S/C16H20N2O4/c1-16(11-22-2,15(20)21)17-14(19)8-10-18-9-7-12-5-3-4-6-13(12)18/h3-7,9H,8,10-11H2,1-2H3,(H,17,19)(H,20,21). The molecule has 6 nitrogen and oxygen atoms in total. The number of carbonyl (C=O) groups excluding carboxylic acids is 1. The van der Waals surface area contributed by atoms with E-state index in [1.54, 1.807) is 0 Å². The van der Waals surface area contributed by atoms with E-state index in [0.29, 0.717) is 6.54 Å². The summed E-state index contributed by atoms with van der Waals surface area (Å²) >= 11 is 0. The van der Waals surface area contributed by atoms with E-state index in [0.717, 1.165) is 10.9 Å². The Bertz CT molecular complexity index is 680. The van der Waals surface area contributed by atoms with Gasteiger partial charge >= 0.3 is 5.97 Å². The van der Waals surface area contributed by atoms with E-state index >= 15 is 0 Å². The number of carboxylic acids is 1. The SMILES string of the molecule is COCC(C)(NC(=O)CCn1ccc2ccccc21)C(=O)O. The molecule has 1 heterocycles. The van der Waals surface area contributed by atoms with Gasteiger partial charge in [0.1, 0.15) is 0 Å². The first kappa shape index (κ1) is 16.0. The molecule has 2 aromatic rings. The first-order valence-electron chi connectivity index (χ1n) is 7.03. The molecule has 2 N–H and O–H groups in total. The second-order valence-corrected chi connectivity index (χ2v) is 5.44. The van der Waals surface area contributed by atoms with Gasteiger partial charge in [0.25, 0.3) is 0 Å². The van der Waals surface area contributed by atoms with Crippen molar-refractivity contribution < 1.29 is 19.4 Å². The number of carboxylic acid groups (broad SMARTS) is 1. The quantitative estimate of drug-likeness (QED) is 0.815. The lowest BCUT2D eigenvalue weighted by Crippen LogP contribution is -2.55. The Labute approximate surface area is 128 Å². The van der Waals surface area contributed by atoms with Crippen LogP contribution < -0.4 is 5.32 Å². The summed E-state index contributed by atoms with van der Waals surface area (Å²) in [7, 11) is 1.40. The highest BCUT2D eigenvalue weighted by Crippen LogP contribution is 2.15. The Morgan fingerprint density at radius 3 is 2.73 bits per heavy atom. The van der Waals surface area contributed by atoms with Gasteiger partial charge in [0, 0.05) is 31.8 Å². The smallest absolute Gasteiger partial charge is 0.331 e. The number of ether oxygens (including phenoxy) is 1. The number of methoxy groups -OCH3 is 1. The molecule has 0 saturated carbocycles. The number of benzene rings is 1. The summed E-state index contributed by atoms with van der Waals surface area (Å²) in [5.74, 6) is -1.44. The normalized spacial score (nSPS) is 13.7. The van der Waals surface area contributed by atoms with Crippen LogP contribution in [0.3, 0.4) is 0 Å². The fourth-order valence-corrected chi connectivity index (χ4v) is 2.37. The maximum atomic E-state index is 12.0. The molecule has 1 aromatic carbocycles. The number of aliphatic carboxylic acids is 1. The van der Waals surface area contributed by atoms with Crippen molar-refractivity contribution in [1.29, 1.82) is 0 Å². The number of aryl methyl sites for hydroxylation is 1. The summed E-state index contributed by atoms with van der Waals surface area (Å²) in [6, 6.07) is 9.88. The molecule has 1 aromatic heterocycles. The average Bonchev–Trinajstić information content (AvgIpc) is 2.88. The minimum Gasteiger partial charge on any atom is -0.479 e. The summed E-state index contributed by atoms with van der Waals surface area (Å²) < 4.78 is 6.85. The molecule has 0 fully saturated rings. The van der Waals surface area contributed by atoms with Crippen molar-refractivity contribution in [3.05, 3.63) is 36.5 Å². The number of aromatic nitrogens is 1. The maximum absolute atomic E-state index is 12.0. The van der Waals surface area contributed by atoms with E-state index in [4.69, 9.17) is 4.74 Å². The van der Waals surface area contributed by atoms with Gasteiger partial charge in [0.2, 0.25) is 5.91 Å². The van der Waals surface area contributed by atoms with Crippen LogP contribution in [0.4, 0.5) is 0 Å². The molecule has 2 rings (SSSR count). The fourth-order valence-electron chi connectivity index (χ4n) is 2.37. The highest BCUT2D eigenvalue weighted by atomic mass is 16.5. The van der Waals surface area contributed by atoms with Gasteiger partial charge in [-0.1, -0.05) is 18.2 Å². The molecule has 118 valence electrons. The van der Waals surface area contributed by atoms with E-state index in [1.165, 1.54) is 14.0 Å². The molecule has 0 aliphatic heterocycles. The number of hydrogen-bond acceptors (Lipinski definition) is 3. The third-order valence-electron chi connectivity index (χ3n) is 3.58. The van der Waals surface area contributed by atoms with Crippen LogP contribution >= 0.6 is 0 Å². The van der Waals surface area contributed by atoms with Gasteiger partial charge in [-0.3, -0.25) is 4.79 Å². The van der Waals surface area contributed by atoms with Gasteiger partial charge in [-0.05, 0) is 24.4 Å². The Hall–Kier alpha value is -2.34. The number of rotatable bonds is 7. The topological polar surface area (TPSA) is 80.6 Å². The van der Waals surface area contributed by atoms with Gasteiger partial charge in [-0.2, -0.15) is 0 Å². The number of carbonyl (C=O) groups is 2. The Morgan fingerprint density at radius 1 is 1.32 bits per heavy atom. The summed E-state index contributed by atoms with van der Waals surface area (Å²) in [6.07, 6.45) is 2.12. The molecule has 0 bridgehead atoms. The van der Waals surface area contributed by atoms with Crippen LogP contribution in [0.1, 0.15) is 13.3 Å². The lowest BCUT2D eigenvalue weighted by Gasteiger charge is -2.25. The van der Waals surface area contributed by atoms with Crippen molar-refractivity contribution in [1.82, 2.24) is 9.88 Å². The van der Waals surface area contributed by atoms with E-state index in [2.05, 4.69) is 5.32 Å². The number of nitrogens with zero attached hydrogens (tertiary/aromatic N) is 1. The third kappa shape index (κ3) is 3.46. The first-order chi connectivity index (χ1) is 10.5. The van der Waals surface area contributed by atoms with Crippen LogP contribution in [0.25, 0.3) is 10.9 Å². The summed E-state index contributed by atoms with van der Waals surface area (Å²) in [5, 5.41) is 12.8. The minimum absolute atomic E-state index is 0.0828. The third-order valence-corrected chi connectivity index (χ3v) is 3.58. The van der Waals surface area contributed by atoms with Crippen molar-refractivity contribution in [3.8, 4) is 0 Å². The molecular formula is C16H20N2O4. The lowest BCUT2D eigenvalue weighted by molar-refractivity contribution is -0.149. The molecule has 22 heavy (non-hydrogen) atoms. The van der Waals surface area contributed by atoms with Crippen molar-refractivity contribution in [2.45, 2.75) is 25.4 Å². The van der Waals surface area contributed by atoms with Gasteiger partial charge in [-0.25, -0.2) is 4.79 Å². The molecule has 0 radical (unpaired) electrons. The van der Waals surface area contributed by atoms with Crippen molar-refractivity contribution in [2.75, 3.05) is 13.7 Å². The number of hydrogen-bond donors (Lipinski definition) is 2. The van der Waals surface area contributed by atoms with E-state index in [1.807, 2.05) is 41.1 Å². The molecular weight excluding hydrogens is 284 g/mol. The Balaban J connectivity index is 1.99. The van der Waals surface area contributed by atoms with Crippen LogP contribution in [0.5, 0.6) is 0 Å². The fraction of sp³-hybridized carbons (Fsp3) is 0.375. The predicted octanol–water partition coefficient (Wildman–Crippen LogP) is 1.64. The van der Waals surface area contributed by atoms with Gasteiger partial charge in [-0.15, -0.1) is 0 Å². The molecule has 0 saturated heterocycles. The molecule has 0 spiro atoms. The van der Waals surface area contributed by atoms with Crippen LogP contribution in [-0.4, -0.2) is 40.8 Å². The number of para-hydroxylation sites is 1. The predicted molar refractivity (Wildman–Crippen MR) is 82.6 cm³/mol.